The number of benzene rings is 1. The van der Waals surface area contributed by atoms with Gasteiger partial charge in [0.15, 0.2) is 11.5 Å². The minimum absolute atomic E-state index is 0.193. The molecular formula is C19H23NO4. The van der Waals surface area contributed by atoms with Crippen LogP contribution in [0, 0.1) is 5.92 Å². The second-order valence-electron chi connectivity index (χ2n) is 6.86. The van der Waals surface area contributed by atoms with Crippen LogP contribution in [-0.4, -0.2) is 49.8 Å². The second kappa shape index (κ2) is 5.81. The molecule has 5 heteroatoms. The number of carbonyl (C=O) groups excluding carboxylic acids is 1. The predicted molar refractivity (Wildman–Crippen MR) is 89.3 cm³/mol. The number of fused-ring (bicyclic) bond motifs is 1. The van der Waals surface area contributed by atoms with E-state index in [1.807, 2.05) is 23.1 Å². The van der Waals surface area contributed by atoms with Crippen LogP contribution in [0.2, 0.25) is 0 Å². The van der Waals surface area contributed by atoms with Crippen LogP contribution >= 0.6 is 0 Å². The fourth-order valence-electron chi connectivity index (χ4n) is 4.18. The van der Waals surface area contributed by atoms with Gasteiger partial charge in [-0.3, -0.25) is 4.79 Å². The van der Waals surface area contributed by atoms with Crippen LogP contribution in [0.1, 0.15) is 18.4 Å². The quantitative estimate of drug-likeness (QED) is 0.777. The van der Waals surface area contributed by atoms with Crippen molar-refractivity contribution in [3.8, 4) is 11.5 Å². The van der Waals surface area contributed by atoms with E-state index >= 15 is 0 Å². The Morgan fingerprint density at radius 1 is 1.29 bits per heavy atom. The summed E-state index contributed by atoms with van der Waals surface area (Å²) in [5.41, 5.74) is 0.839. The molecule has 0 N–H and O–H groups in total. The highest BCUT2D eigenvalue weighted by molar-refractivity contribution is 5.79. The molecule has 3 aliphatic rings. The molecular weight excluding hydrogens is 306 g/mol. The van der Waals surface area contributed by atoms with Gasteiger partial charge in [0.2, 0.25) is 5.91 Å². The van der Waals surface area contributed by atoms with Gasteiger partial charge in [0.1, 0.15) is 5.60 Å². The van der Waals surface area contributed by atoms with Crippen LogP contribution < -0.4 is 9.47 Å². The number of amides is 1. The van der Waals surface area contributed by atoms with E-state index < -0.39 is 0 Å². The van der Waals surface area contributed by atoms with Crippen molar-refractivity contribution in [2.24, 2.45) is 5.92 Å². The van der Waals surface area contributed by atoms with Gasteiger partial charge in [0, 0.05) is 19.0 Å². The number of piperidine rings is 1. The monoisotopic (exact) mass is 329 g/mol. The summed E-state index contributed by atoms with van der Waals surface area (Å²) in [6.07, 6.45) is 6.78. The number of hydrogen-bond donors (Lipinski definition) is 0. The molecule has 0 radical (unpaired) electrons. The molecule has 0 aliphatic carbocycles. The Hall–Kier alpha value is -2.01. The minimum Gasteiger partial charge on any atom is -0.493 e. The highest BCUT2D eigenvalue weighted by Gasteiger charge is 2.54. The SMILES string of the molecule is COc1ccc(CCN2C[C@@H]3C[C@H]4C=C[C@]3(CC2=O)O4)cc1OC. The molecule has 1 aromatic rings. The molecule has 0 saturated carbocycles. The Labute approximate surface area is 142 Å². The van der Waals surface area contributed by atoms with Crippen molar-refractivity contribution >= 4 is 5.91 Å². The van der Waals surface area contributed by atoms with Gasteiger partial charge in [-0.25, -0.2) is 0 Å². The molecule has 4 rings (SSSR count). The highest BCUT2D eigenvalue weighted by atomic mass is 16.5. The van der Waals surface area contributed by atoms with Gasteiger partial charge in [-0.2, -0.15) is 0 Å². The lowest BCUT2D eigenvalue weighted by molar-refractivity contribution is -0.143. The third kappa shape index (κ3) is 2.47. The van der Waals surface area contributed by atoms with Crippen molar-refractivity contribution in [1.82, 2.24) is 4.90 Å². The molecule has 3 heterocycles. The van der Waals surface area contributed by atoms with Gasteiger partial charge in [0.25, 0.3) is 0 Å². The summed E-state index contributed by atoms with van der Waals surface area (Å²) in [5, 5.41) is 0. The molecule has 2 saturated heterocycles. The fourth-order valence-corrected chi connectivity index (χ4v) is 4.18. The van der Waals surface area contributed by atoms with Gasteiger partial charge < -0.3 is 19.1 Å². The third-order valence-corrected chi connectivity index (χ3v) is 5.51. The van der Waals surface area contributed by atoms with E-state index in [2.05, 4.69) is 12.2 Å². The largest absolute Gasteiger partial charge is 0.493 e. The minimum atomic E-state index is -0.304. The van der Waals surface area contributed by atoms with E-state index in [0.29, 0.717) is 12.3 Å². The molecule has 3 atom stereocenters. The van der Waals surface area contributed by atoms with Crippen molar-refractivity contribution in [3.63, 3.8) is 0 Å². The first-order chi connectivity index (χ1) is 11.6. The maximum absolute atomic E-state index is 12.5. The van der Waals surface area contributed by atoms with E-state index in [1.54, 1.807) is 14.2 Å². The zero-order valence-corrected chi connectivity index (χ0v) is 14.2. The summed E-state index contributed by atoms with van der Waals surface area (Å²) in [4.78, 5) is 14.5. The maximum atomic E-state index is 12.5. The lowest BCUT2D eigenvalue weighted by Gasteiger charge is -2.40. The number of ether oxygens (including phenoxy) is 3. The van der Waals surface area contributed by atoms with E-state index in [9.17, 15) is 4.79 Å². The Morgan fingerprint density at radius 3 is 2.88 bits per heavy atom. The lowest BCUT2D eigenvalue weighted by atomic mass is 9.77. The van der Waals surface area contributed by atoms with Crippen LogP contribution in [0.3, 0.4) is 0 Å². The van der Waals surface area contributed by atoms with Crippen LogP contribution in [0.5, 0.6) is 11.5 Å². The molecule has 3 aliphatic heterocycles. The van der Waals surface area contributed by atoms with Crippen molar-refractivity contribution in [2.45, 2.75) is 31.0 Å². The fraction of sp³-hybridized carbons (Fsp3) is 0.526. The van der Waals surface area contributed by atoms with E-state index in [1.165, 1.54) is 0 Å². The van der Waals surface area contributed by atoms with Gasteiger partial charge in [-0.1, -0.05) is 18.2 Å². The number of rotatable bonds is 5. The van der Waals surface area contributed by atoms with E-state index in [4.69, 9.17) is 14.2 Å². The van der Waals surface area contributed by atoms with Gasteiger partial charge >= 0.3 is 0 Å². The smallest absolute Gasteiger partial charge is 0.225 e. The first-order valence-corrected chi connectivity index (χ1v) is 8.49. The number of methoxy groups -OCH3 is 2. The number of carbonyl (C=O) groups is 1. The molecule has 2 bridgehead atoms. The highest BCUT2D eigenvalue weighted by Crippen LogP contribution is 2.48. The molecule has 0 unspecified atom stereocenters. The van der Waals surface area contributed by atoms with Crippen LogP contribution in [-0.2, 0) is 16.0 Å². The summed E-state index contributed by atoms with van der Waals surface area (Å²) >= 11 is 0. The summed E-state index contributed by atoms with van der Waals surface area (Å²) in [6.45, 7) is 1.53. The molecule has 1 amide bonds. The Bertz CT molecular complexity index is 686. The summed E-state index contributed by atoms with van der Waals surface area (Å²) < 4.78 is 16.6. The first kappa shape index (κ1) is 15.5. The van der Waals surface area contributed by atoms with Gasteiger partial charge in [-0.05, 0) is 30.5 Å². The van der Waals surface area contributed by atoms with E-state index in [-0.39, 0.29) is 17.6 Å². The zero-order valence-electron chi connectivity index (χ0n) is 14.2. The standard InChI is InChI=1S/C19H23NO4/c1-22-16-4-3-13(9-17(16)23-2)6-8-20-12-14-10-15-5-7-19(14,24-15)11-18(20)21/h3-5,7,9,14-15H,6,8,10-12H2,1-2H3/t14-,15+,19+/m0/s1. The maximum Gasteiger partial charge on any atom is 0.225 e. The Balaban J connectivity index is 1.41. The van der Waals surface area contributed by atoms with Crippen LogP contribution in [0.25, 0.3) is 0 Å². The second-order valence-corrected chi connectivity index (χ2v) is 6.86. The molecule has 1 spiro atoms. The Kier molecular flexibility index (Phi) is 3.76. The van der Waals surface area contributed by atoms with Crippen molar-refractivity contribution in [1.29, 1.82) is 0 Å². The summed E-state index contributed by atoms with van der Waals surface area (Å²) in [6, 6.07) is 5.93. The van der Waals surface area contributed by atoms with Gasteiger partial charge in [0.05, 0.1) is 26.7 Å². The molecule has 1 aromatic carbocycles. The average molecular weight is 329 g/mol. The number of likely N-dealkylation sites (tertiary alicyclic amines) is 1. The normalized spacial score (nSPS) is 30.6. The van der Waals surface area contributed by atoms with Crippen molar-refractivity contribution < 1.29 is 19.0 Å². The topological polar surface area (TPSA) is 48.0 Å². The number of nitrogens with zero attached hydrogens (tertiary/aromatic N) is 1. The summed E-state index contributed by atoms with van der Waals surface area (Å²) in [7, 11) is 3.27. The van der Waals surface area contributed by atoms with Crippen molar-refractivity contribution in [3.05, 3.63) is 35.9 Å². The molecule has 128 valence electrons. The van der Waals surface area contributed by atoms with E-state index in [0.717, 1.165) is 43.0 Å². The van der Waals surface area contributed by atoms with Crippen molar-refractivity contribution in [2.75, 3.05) is 27.3 Å². The average Bonchev–Trinajstić information content (AvgIpc) is 3.15. The molecule has 24 heavy (non-hydrogen) atoms. The third-order valence-electron chi connectivity index (χ3n) is 5.51. The molecule has 5 nitrogen and oxygen atoms in total. The number of hydrogen-bond acceptors (Lipinski definition) is 4. The predicted octanol–water partition coefficient (Wildman–Crippen LogP) is 2.19. The Morgan fingerprint density at radius 2 is 2.12 bits per heavy atom. The molecule has 0 aromatic heterocycles. The van der Waals surface area contributed by atoms with Crippen LogP contribution in [0.15, 0.2) is 30.4 Å². The zero-order chi connectivity index (χ0) is 16.7. The van der Waals surface area contributed by atoms with Crippen LogP contribution in [0.4, 0.5) is 0 Å². The lowest BCUT2D eigenvalue weighted by Crippen LogP contribution is -2.52. The first-order valence-electron chi connectivity index (χ1n) is 8.49. The van der Waals surface area contributed by atoms with Gasteiger partial charge in [-0.15, -0.1) is 0 Å². The summed E-state index contributed by atoms with van der Waals surface area (Å²) in [5.74, 6) is 2.09. The molecule has 2 fully saturated rings.